The Kier molecular flexibility index (Phi) is 6.84. The van der Waals surface area contributed by atoms with E-state index in [1.165, 1.54) is 29.0 Å². The molecule has 0 aliphatic carbocycles. The van der Waals surface area contributed by atoms with Gasteiger partial charge < -0.3 is 14.5 Å². The van der Waals surface area contributed by atoms with E-state index < -0.39 is 40.0 Å². The predicted molar refractivity (Wildman–Crippen MR) is 126 cm³/mol. The first-order valence-corrected chi connectivity index (χ1v) is 12.9. The van der Waals surface area contributed by atoms with E-state index in [9.17, 15) is 22.8 Å². The van der Waals surface area contributed by atoms with Gasteiger partial charge in [-0.2, -0.15) is 4.72 Å². The van der Waals surface area contributed by atoms with Crippen molar-refractivity contribution in [2.75, 3.05) is 20.2 Å². The fourth-order valence-corrected chi connectivity index (χ4v) is 6.04. The maximum Gasteiger partial charge on any atom is 0.328 e. The molecule has 2 aliphatic rings. The quantitative estimate of drug-likeness (QED) is 0.598. The fourth-order valence-electron chi connectivity index (χ4n) is 4.60. The molecule has 2 aromatic carbocycles. The average Bonchev–Trinajstić information content (AvgIpc) is 3.44. The summed E-state index contributed by atoms with van der Waals surface area (Å²) in [5, 5.41) is 2.05. The first-order valence-electron chi connectivity index (χ1n) is 11.0. The summed E-state index contributed by atoms with van der Waals surface area (Å²) in [6.07, 6.45) is 1.42. The summed E-state index contributed by atoms with van der Waals surface area (Å²) in [7, 11) is -2.70. The highest BCUT2D eigenvalue weighted by Crippen LogP contribution is 2.25. The molecular weight excluding hydrogens is 482 g/mol. The van der Waals surface area contributed by atoms with Gasteiger partial charge in [0.05, 0.1) is 12.0 Å². The zero-order valence-electron chi connectivity index (χ0n) is 18.9. The van der Waals surface area contributed by atoms with Crippen molar-refractivity contribution in [3.8, 4) is 0 Å². The molecule has 2 saturated heterocycles. The number of likely N-dealkylation sites (tertiary alicyclic amines) is 2. The van der Waals surface area contributed by atoms with Crippen LogP contribution in [0.4, 0.5) is 0 Å². The second kappa shape index (κ2) is 9.52. The number of carbonyl (C=O) groups excluding carboxylic acids is 3. The van der Waals surface area contributed by atoms with Gasteiger partial charge in [0.1, 0.15) is 18.1 Å². The normalized spacial score (nSPS) is 21.8. The highest BCUT2D eigenvalue weighted by Gasteiger charge is 2.43. The van der Waals surface area contributed by atoms with Crippen LogP contribution in [-0.4, -0.2) is 74.3 Å². The molecule has 2 aromatic rings. The molecule has 11 heteroatoms. The lowest BCUT2D eigenvalue weighted by Crippen LogP contribution is -2.52. The van der Waals surface area contributed by atoms with Crippen molar-refractivity contribution in [1.82, 2.24) is 14.5 Å². The number of benzene rings is 2. The molecule has 34 heavy (non-hydrogen) atoms. The van der Waals surface area contributed by atoms with Crippen LogP contribution in [0.25, 0.3) is 10.8 Å². The number of rotatable bonds is 6. The third-order valence-electron chi connectivity index (χ3n) is 6.46. The number of carbonyl (C=O) groups is 3. The van der Waals surface area contributed by atoms with E-state index in [1.807, 2.05) is 0 Å². The number of nitrogens with zero attached hydrogens (tertiary/aromatic N) is 2. The summed E-state index contributed by atoms with van der Waals surface area (Å²) in [5.74, 6) is -1.29. The van der Waals surface area contributed by atoms with Crippen LogP contribution < -0.4 is 4.72 Å². The third-order valence-corrected chi connectivity index (χ3v) is 8.16. The molecule has 4 rings (SSSR count). The SMILES string of the molecule is COC(=O)[C@@H]1CCCN1C(=O)[C@H](C)N1CC[C@H](NS(=O)(=O)c2ccc3cc(Cl)ccc3c2)C1=O. The van der Waals surface area contributed by atoms with Crippen LogP contribution in [-0.2, 0) is 29.1 Å². The van der Waals surface area contributed by atoms with Gasteiger partial charge in [-0.3, -0.25) is 9.59 Å². The molecule has 1 N–H and O–H groups in total. The fraction of sp³-hybridized carbons (Fsp3) is 0.435. The average molecular weight is 508 g/mol. The summed E-state index contributed by atoms with van der Waals surface area (Å²) >= 11 is 5.99. The van der Waals surface area contributed by atoms with E-state index in [2.05, 4.69) is 4.72 Å². The molecule has 0 aromatic heterocycles. The van der Waals surface area contributed by atoms with Crippen molar-refractivity contribution in [2.24, 2.45) is 0 Å². The first kappa shape index (κ1) is 24.4. The molecule has 2 fully saturated rings. The van der Waals surface area contributed by atoms with Crippen LogP contribution in [0.1, 0.15) is 26.2 Å². The smallest absolute Gasteiger partial charge is 0.328 e. The van der Waals surface area contributed by atoms with E-state index in [4.69, 9.17) is 16.3 Å². The number of hydrogen-bond donors (Lipinski definition) is 1. The Morgan fingerprint density at radius 3 is 2.56 bits per heavy atom. The molecule has 2 amide bonds. The Morgan fingerprint density at radius 2 is 1.82 bits per heavy atom. The van der Waals surface area contributed by atoms with E-state index in [-0.39, 0.29) is 23.8 Å². The third kappa shape index (κ3) is 4.62. The van der Waals surface area contributed by atoms with Gasteiger partial charge in [-0.1, -0.05) is 23.7 Å². The van der Waals surface area contributed by atoms with E-state index in [0.717, 1.165) is 5.39 Å². The molecule has 9 nitrogen and oxygen atoms in total. The number of methoxy groups -OCH3 is 1. The number of halogens is 1. The van der Waals surface area contributed by atoms with Crippen molar-refractivity contribution in [2.45, 2.75) is 49.2 Å². The Hall–Kier alpha value is -2.69. The largest absolute Gasteiger partial charge is 0.467 e. The monoisotopic (exact) mass is 507 g/mol. The van der Waals surface area contributed by atoms with Gasteiger partial charge in [0.25, 0.3) is 0 Å². The molecule has 0 bridgehead atoms. The van der Waals surface area contributed by atoms with Crippen LogP contribution in [0.15, 0.2) is 41.3 Å². The highest BCUT2D eigenvalue weighted by atomic mass is 35.5. The molecule has 2 aliphatic heterocycles. The maximum atomic E-state index is 13.0. The number of sulfonamides is 1. The van der Waals surface area contributed by atoms with Gasteiger partial charge in [-0.05, 0) is 61.2 Å². The second-order valence-corrected chi connectivity index (χ2v) is 10.7. The topological polar surface area (TPSA) is 113 Å². The standard InChI is InChI=1S/C23H26ClN3O6S/c1-14(21(28)27-10-3-4-20(27)23(30)33-2)26-11-9-19(22(26)29)25-34(31,32)18-8-6-15-12-17(24)7-5-16(15)13-18/h5-8,12-14,19-20,25H,3-4,9-11H2,1-2H3/t14-,19-,20-/m0/s1. The first-order chi connectivity index (χ1) is 16.1. The van der Waals surface area contributed by atoms with E-state index in [1.54, 1.807) is 31.2 Å². The molecule has 2 heterocycles. The predicted octanol–water partition coefficient (Wildman–Crippen LogP) is 1.92. The minimum atomic E-state index is -3.97. The minimum absolute atomic E-state index is 0.0377. The minimum Gasteiger partial charge on any atom is -0.467 e. The van der Waals surface area contributed by atoms with Gasteiger partial charge >= 0.3 is 5.97 Å². The molecule has 0 radical (unpaired) electrons. The van der Waals surface area contributed by atoms with Crippen molar-refractivity contribution in [1.29, 1.82) is 0 Å². The van der Waals surface area contributed by atoms with Crippen LogP contribution in [0.3, 0.4) is 0 Å². The molecule has 0 spiro atoms. The Balaban J connectivity index is 1.46. The summed E-state index contributed by atoms with van der Waals surface area (Å²) < 4.78 is 33.2. The van der Waals surface area contributed by atoms with Crippen LogP contribution in [0, 0.1) is 0 Å². The van der Waals surface area contributed by atoms with Crippen molar-refractivity contribution >= 4 is 50.2 Å². The lowest BCUT2D eigenvalue weighted by molar-refractivity contribution is -0.153. The van der Waals surface area contributed by atoms with E-state index in [0.29, 0.717) is 29.8 Å². The summed E-state index contributed by atoms with van der Waals surface area (Å²) in [6.45, 7) is 2.23. The number of nitrogens with one attached hydrogen (secondary N) is 1. The summed E-state index contributed by atoms with van der Waals surface area (Å²) in [6, 6.07) is 7.34. The zero-order valence-corrected chi connectivity index (χ0v) is 20.4. The Morgan fingerprint density at radius 1 is 1.12 bits per heavy atom. The van der Waals surface area contributed by atoms with Crippen LogP contribution in [0.5, 0.6) is 0 Å². The Bertz CT molecular complexity index is 1250. The number of ether oxygens (including phenoxy) is 1. The van der Waals surface area contributed by atoms with Gasteiger partial charge in [0, 0.05) is 18.1 Å². The Labute approximate surface area is 203 Å². The lowest BCUT2D eigenvalue weighted by atomic mass is 10.1. The second-order valence-electron chi connectivity index (χ2n) is 8.54. The molecule has 182 valence electrons. The highest BCUT2D eigenvalue weighted by molar-refractivity contribution is 7.89. The molecule has 3 atom stereocenters. The zero-order chi connectivity index (χ0) is 24.6. The number of amides is 2. The number of hydrogen-bond acceptors (Lipinski definition) is 6. The van der Waals surface area contributed by atoms with Crippen molar-refractivity contribution in [3.63, 3.8) is 0 Å². The van der Waals surface area contributed by atoms with Gasteiger partial charge in [-0.25, -0.2) is 13.2 Å². The molecule has 0 saturated carbocycles. The van der Waals surface area contributed by atoms with Crippen molar-refractivity contribution < 1.29 is 27.5 Å². The summed E-state index contributed by atoms with van der Waals surface area (Å²) in [4.78, 5) is 40.9. The summed E-state index contributed by atoms with van der Waals surface area (Å²) in [5.41, 5.74) is 0. The lowest BCUT2D eigenvalue weighted by Gasteiger charge is -2.30. The van der Waals surface area contributed by atoms with Gasteiger partial charge in [0.15, 0.2) is 0 Å². The van der Waals surface area contributed by atoms with Crippen LogP contribution >= 0.6 is 11.6 Å². The molecule has 0 unspecified atom stereocenters. The van der Waals surface area contributed by atoms with Gasteiger partial charge in [0.2, 0.25) is 21.8 Å². The van der Waals surface area contributed by atoms with E-state index >= 15 is 0 Å². The molecular formula is C23H26ClN3O6S. The number of fused-ring (bicyclic) bond motifs is 1. The van der Waals surface area contributed by atoms with Gasteiger partial charge in [-0.15, -0.1) is 0 Å². The number of esters is 1. The maximum absolute atomic E-state index is 13.0. The van der Waals surface area contributed by atoms with Crippen LogP contribution in [0.2, 0.25) is 5.02 Å². The van der Waals surface area contributed by atoms with Crippen molar-refractivity contribution in [3.05, 3.63) is 41.4 Å².